The van der Waals surface area contributed by atoms with Crippen molar-refractivity contribution in [1.29, 1.82) is 0 Å². The molecule has 0 fully saturated rings. The molecule has 0 aliphatic heterocycles. The highest BCUT2D eigenvalue weighted by atomic mass is 35.5. The van der Waals surface area contributed by atoms with Crippen molar-refractivity contribution in [2.24, 2.45) is 0 Å². The van der Waals surface area contributed by atoms with Gasteiger partial charge < -0.3 is 13.9 Å². The van der Waals surface area contributed by atoms with Crippen LogP contribution in [0.1, 0.15) is 24.4 Å². The van der Waals surface area contributed by atoms with Gasteiger partial charge in [-0.1, -0.05) is 23.7 Å². The molecule has 6 nitrogen and oxygen atoms in total. The molecule has 0 saturated carbocycles. The summed E-state index contributed by atoms with van der Waals surface area (Å²) < 4.78 is 40.3. The van der Waals surface area contributed by atoms with Crippen LogP contribution in [0.25, 0.3) is 11.5 Å². The molecule has 3 aromatic rings. The molecule has 0 bridgehead atoms. The van der Waals surface area contributed by atoms with E-state index in [-0.39, 0.29) is 17.5 Å². The Balaban J connectivity index is 1.71. The van der Waals surface area contributed by atoms with E-state index in [1.54, 1.807) is 24.3 Å². The SMILES string of the molecule is COc1cc(CN(C)C(C)c2nnc(-c3cccc(Cl)c3)o2)ccc1OC(F)F. The smallest absolute Gasteiger partial charge is 0.387 e. The van der Waals surface area contributed by atoms with Gasteiger partial charge in [-0.2, -0.15) is 8.78 Å². The van der Waals surface area contributed by atoms with Crippen molar-refractivity contribution in [2.45, 2.75) is 26.1 Å². The van der Waals surface area contributed by atoms with E-state index in [0.29, 0.717) is 23.3 Å². The van der Waals surface area contributed by atoms with E-state index in [2.05, 4.69) is 14.9 Å². The van der Waals surface area contributed by atoms with Crippen LogP contribution in [0.4, 0.5) is 8.78 Å². The summed E-state index contributed by atoms with van der Waals surface area (Å²) in [6.45, 7) is -0.481. The lowest BCUT2D eigenvalue weighted by atomic mass is 10.1. The van der Waals surface area contributed by atoms with Crippen molar-refractivity contribution < 1.29 is 22.7 Å². The summed E-state index contributed by atoms with van der Waals surface area (Å²) in [5.41, 5.74) is 1.60. The first kappa shape index (κ1) is 21.0. The number of methoxy groups -OCH3 is 1. The van der Waals surface area contributed by atoms with Gasteiger partial charge in [-0.3, -0.25) is 4.90 Å². The molecule has 3 rings (SSSR count). The predicted molar refractivity (Wildman–Crippen MR) is 104 cm³/mol. The molecule has 1 heterocycles. The summed E-state index contributed by atoms with van der Waals surface area (Å²) in [4.78, 5) is 1.98. The Bertz CT molecular complexity index is 968. The zero-order valence-corrected chi connectivity index (χ0v) is 16.9. The summed E-state index contributed by atoms with van der Waals surface area (Å²) in [5.74, 6) is 1.07. The summed E-state index contributed by atoms with van der Waals surface area (Å²) in [6, 6.07) is 11.8. The van der Waals surface area contributed by atoms with Crippen LogP contribution < -0.4 is 9.47 Å². The van der Waals surface area contributed by atoms with Gasteiger partial charge in [0.2, 0.25) is 11.8 Å². The van der Waals surface area contributed by atoms with Crippen LogP contribution in [0.5, 0.6) is 11.5 Å². The van der Waals surface area contributed by atoms with E-state index >= 15 is 0 Å². The zero-order chi connectivity index (χ0) is 21.0. The molecule has 0 N–H and O–H groups in total. The molecule has 2 aromatic carbocycles. The summed E-state index contributed by atoms with van der Waals surface area (Å²) in [7, 11) is 3.30. The van der Waals surface area contributed by atoms with E-state index in [1.165, 1.54) is 13.2 Å². The van der Waals surface area contributed by atoms with Crippen molar-refractivity contribution in [1.82, 2.24) is 15.1 Å². The average molecular weight is 424 g/mol. The first-order valence-electron chi connectivity index (χ1n) is 8.78. The lowest BCUT2D eigenvalue weighted by molar-refractivity contribution is -0.0512. The maximum absolute atomic E-state index is 12.5. The lowest BCUT2D eigenvalue weighted by Crippen LogP contribution is -2.22. The topological polar surface area (TPSA) is 60.6 Å². The molecule has 0 radical (unpaired) electrons. The van der Waals surface area contributed by atoms with Gasteiger partial charge in [-0.15, -0.1) is 10.2 Å². The fraction of sp³-hybridized carbons (Fsp3) is 0.300. The quantitative estimate of drug-likeness (QED) is 0.496. The van der Waals surface area contributed by atoms with Crippen LogP contribution in [0.3, 0.4) is 0 Å². The minimum atomic E-state index is -2.91. The lowest BCUT2D eigenvalue weighted by Gasteiger charge is -2.22. The molecule has 29 heavy (non-hydrogen) atoms. The molecule has 1 atom stereocenters. The summed E-state index contributed by atoms with van der Waals surface area (Å²) >= 11 is 6.01. The normalized spacial score (nSPS) is 12.4. The molecule has 0 saturated heterocycles. The fourth-order valence-electron chi connectivity index (χ4n) is 2.76. The molecular weight excluding hydrogens is 404 g/mol. The third-order valence-corrected chi connectivity index (χ3v) is 4.64. The van der Waals surface area contributed by atoms with Gasteiger partial charge in [0.1, 0.15) is 0 Å². The van der Waals surface area contributed by atoms with Gasteiger partial charge in [0.15, 0.2) is 11.5 Å². The Hall–Kier alpha value is -2.71. The van der Waals surface area contributed by atoms with Crippen molar-refractivity contribution in [3.05, 3.63) is 58.9 Å². The van der Waals surface area contributed by atoms with E-state index in [4.69, 9.17) is 20.8 Å². The highest BCUT2D eigenvalue weighted by molar-refractivity contribution is 6.30. The summed E-state index contributed by atoms with van der Waals surface area (Å²) in [5, 5.41) is 8.81. The first-order valence-corrected chi connectivity index (χ1v) is 9.16. The minimum Gasteiger partial charge on any atom is -0.493 e. The molecule has 0 spiro atoms. The Kier molecular flexibility index (Phi) is 6.66. The molecule has 154 valence electrons. The molecule has 9 heteroatoms. The molecular formula is C20H20ClF2N3O3. The van der Waals surface area contributed by atoms with Crippen LogP contribution in [0.15, 0.2) is 46.9 Å². The monoisotopic (exact) mass is 423 g/mol. The van der Waals surface area contributed by atoms with Gasteiger partial charge in [0.25, 0.3) is 0 Å². The molecule has 0 aliphatic rings. The Labute approximate surface area is 172 Å². The third kappa shape index (κ3) is 5.21. The Morgan fingerprint density at radius 1 is 1.14 bits per heavy atom. The predicted octanol–water partition coefficient (Wildman–Crippen LogP) is 5.19. The van der Waals surface area contributed by atoms with Crippen LogP contribution in [0, 0.1) is 0 Å². The number of aromatic nitrogens is 2. The second-order valence-corrected chi connectivity index (χ2v) is 6.85. The van der Waals surface area contributed by atoms with E-state index < -0.39 is 6.61 Å². The largest absolute Gasteiger partial charge is 0.493 e. The second-order valence-electron chi connectivity index (χ2n) is 6.41. The highest BCUT2D eigenvalue weighted by Crippen LogP contribution is 2.31. The summed E-state index contributed by atoms with van der Waals surface area (Å²) in [6.07, 6.45) is 0. The minimum absolute atomic E-state index is 0.00924. The maximum Gasteiger partial charge on any atom is 0.387 e. The molecule has 0 amide bonds. The zero-order valence-electron chi connectivity index (χ0n) is 16.1. The van der Waals surface area contributed by atoms with Crippen molar-refractivity contribution >= 4 is 11.6 Å². The van der Waals surface area contributed by atoms with E-state index in [9.17, 15) is 8.78 Å². The third-order valence-electron chi connectivity index (χ3n) is 4.41. The van der Waals surface area contributed by atoms with Crippen LogP contribution in [0.2, 0.25) is 5.02 Å². The number of hydrogen-bond donors (Lipinski definition) is 0. The average Bonchev–Trinajstić information content (AvgIpc) is 3.18. The van der Waals surface area contributed by atoms with E-state index in [1.807, 2.05) is 31.0 Å². The number of benzene rings is 2. The maximum atomic E-state index is 12.5. The standard InChI is InChI=1S/C20H20ClF2N3O3/c1-12(18-24-25-19(29-18)14-5-4-6-15(21)10-14)26(2)11-13-7-8-16(28-20(22)23)17(9-13)27-3/h4-10,12,20H,11H2,1-3H3. The van der Waals surface area contributed by atoms with Gasteiger partial charge >= 0.3 is 6.61 Å². The number of alkyl halides is 2. The molecule has 1 aromatic heterocycles. The number of halogens is 3. The fourth-order valence-corrected chi connectivity index (χ4v) is 2.95. The van der Waals surface area contributed by atoms with Crippen molar-refractivity contribution in [3.63, 3.8) is 0 Å². The van der Waals surface area contributed by atoms with Crippen LogP contribution >= 0.6 is 11.6 Å². The Morgan fingerprint density at radius 2 is 1.93 bits per heavy atom. The van der Waals surface area contributed by atoms with Crippen LogP contribution in [-0.2, 0) is 6.54 Å². The van der Waals surface area contributed by atoms with Gasteiger partial charge in [-0.25, -0.2) is 0 Å². The number of rotatable bonds is 8. The van der Waals surface area contributed by atoms with Gasteiger partial charge in [0, 0.05) is 17.1 Å². The molecule has 1 unspecified atom stereocenters. The van der Waals surface area contributed by atoms with Crippen molar-refractivity contribution in [2.75, 3.05) is 14.2 Å². The van der Waals surface area contributed by atoms with Crippen LogP contribution in [-0.4, -0.2) is 35.9 Å². The van der Waals surface area contributed by atoms with Gasteiger partial charge in [-0.05, 0) is 49.9 Å². The number of hydrogen-bond acceptors (Lipinski definition) is 6. The van der Waals surface area contributed by atoms with Crippen molar-refractivity contribution in [3.8, 4) is 23.0 Å². The second kappa shape index (κ2) is 9.19. The Morgan fingerprint density at radius 3 is 2.62 bits per heavy atom. The first-order chi connectivity index (χ1) is 13.9. The molecule has 0 aliphatic carbocycles. The number of nitrogens with zero attached hydrogens (tertiary/aromatic N) is 3. The van der Waals surface area contributed by atoms with E-state index in [0.717, 1.165) is 11.1 Å². The van der Waals surface area contributed by atoms with Gasteiger partial charge in [0.05, 0.1) is 13.2 Å². The number of ether oxygens (including phenoxy) is 2. The highest BCUT2D eigenvalue weighted by Gasteiger charge is 2.20.